The first-order chi connectivity index (χ1) is 12.9. The number of nitrogens with zero attached hydrogens (tertiary/aromatic N) is 2. The molecule has 0 aliphatic carbocycles. The molecule has 0 atom stereocenters. The van der Waals surface area contributed by atoms with Gasteiger partial charge in [-0.1, -0.05) is 11.6 Å². The molecule has 2 N–H and O–H groups in total. The molecule has 0 saturated carbocycles. The number of anilines is 2. The molecule has 0 unspecified atom stereocenters. The minimum absolute atomic E-state index is 0.268. The second-order valence-corrected chi connectivity index (χ2v) is 5.99. The second-order valence-electron chi connectivity index (χ2n) is 5.58. The van der Waals surface area contributed by atoms with Gasteiger partial charge in [-0.15, -0.1) is 0 Å². The summed E-state index contributed by atoms with van der Waals surface area (Å²) in [5.41, 5.74) is 1.35. The predicted octanol–water partition coefficient (Wildman–Crippen LogP) is 4.67. The van der Waals surface area contributed by atoms with Gasteiger partial charge in [0.05, 0.1) is 29.7 Å². The van der Waals surface area contributed by atoms with Crippen LogP contribution < -0.4 is 15.4 Å². The smallest absolute Gasteiger partial charge is 0.323 e. The first kappa shape index (κ1) is 18.7. The minimum Gasteiger partial charge on any atom is -0.496 e. The number of aryl methyl sites for hydroxylation is 1. The molecule has 0 bridgehead atoms. The third kappa shape index (κ3) is 4.01. The average molecular weight is 393 g/mol. The summed E-state index contributed by atoms with van der Waals surface area (Å²) in [7, 11) is 3.23. The summed E-state index contributed by atoms with van der Waals surface area (Å²) in [5, 5.41) is 9.33. The highest BCUT2D eigenvalue weighted by molar-refractivity contribution is 6.33. The summed E-state index contributed by atoms with van der Waals surface area (Å²) in [6.45, 7) is 0. The lowest BCUT2D eigenvalue weighted by Crippen LogP contribution is -2.20. The molecular formula is C18H15ClF2N4O2. The van der Waals surface area contributed by atoms with Crippen LogP contribution in [0.4, 0.5) is 25.0 Å². The highest BCUT2D eigenvalue weighted by Crippen LogP contribution is 2.36. The van der Waals surface area contributed by atoms with Gasteiger partial charge in [0.15, 0.2) is 0 Å². The number of ether oxygens (including phenoxy) is 1. The molecule has 2 amide bonds. The third-order valence-electron chi connectivity index (χ3n) is 3.78. The number of aromatic nitrogens is 2. The standard InChI is InChI=1S/C18H15ClF2N4O2/c1-25-17(13(19)9-22-25)12-8-11(4-6-16(12)27-2)23-18(26)24-15-7-10(20)3-5-14(15)21/h3-9H,1-2H3,(H2,23,24,26). The van der Waals surface area contributed by atoms with Crippen LogP contribution in [0.1, 0.15) is 0 Å². The number of amides is 2. The maximum absolute atomic E-state index is 13.7. The Kier molecular flexibility index (Phi) is 5.27. The number of hydrogen-bond acceptors (Lipinski definition) is 3. The molecule has 3 aromatic rings. The van der Waals surface area contributed by atoms with E-state index in [4.69, 9.17) is 16.3 Å². The van der Waals surface area contributed by atoms with E-state index in [-0.39, 0.29) is 5.69 Å². The Balaban J connectivity index is 1.86. The fraction of sp³-hybridized carbons (Fsp3) is 0.111. The zero-order chi connectivity index (χ0) is 19.6. The molecule has 140 valence electrons. The van der Waals surface area contributed by atoms with Crippen molar-refractivity contribution in [3.8, 4) is 17.0 Å². The van der Waals surface area contributed by atoms with Crippen LogP contribution in [0.25, 0.3) is 11.3 Å². The summed E-state index contributed by atoms with van der Waals surface area (Å²) in [5.74, 6) is -0.879. The van der Waals surface area contributed by atoms with Crippen molar-refractivity contribution in [3.05, 3.63) is 59.3 Å². The van der Waals surface area contributed by atoms with Gasteiger partial charge in [-0.25, -0.2) is 13.6 Å². The molecule has 0 fully saturated rings. The molecule has 9 heteroatoms. The van der Waals surface area contributed by atoms with E-state index >= 15 is 0 Å². The first-order valence-corrected chi connectivity index (χ1v) is 8.16. The molecule has 1 heterocycles. The fourth-order valence-electron chi connectivity index (χ4n) is 2.56. The predicted molar refractivity (Wildman–Crippen MR) is 99.2 cm³/mol. The summed E-state index contributed by atoms with van der Waals surface area (Å²) < 4.78 is 33.8. The van der Waals surface area contributed by atoms with E-state index in [0.29, 0.717) is 27.7 Å². The van der Waals surface area contributed by atoms with Crippen LogP contribution in [0.15, 0.2) is 42.6 Å². The van der Waals surface area contributed by atoms with Gasteiger partial charge in [-0.2, -0.15) is 5.10 Å². The molecule has 0 aliphatic rings. The van der Waals surface area contributed by atoms with Crippen LogP contribution in [-0.2, 0) is 7.05 Å². The van der Waals surface area contributed by atoms with Crippen molar-refractivity contribution in [1.82, 2.24) is 9.78 Å². The van der Waals surface area contributed by atoms with Crippen molar-refractivity contribution in [2.75, 3.05) is 17.7 Å². The molecule has 2 aromatic carbocycles. The van der Waals surface area contributed by atoms with Gasteiger partial charge in [0, 0.05) is 24.4 Å². The van der Waals surface area contributed by atoms with Crippen molar-refractivity contribution in [1.29, 1.82) is 0 Å². The summed E-state index contributed by atoms with van der Waals surface area (Å²) in [6.07, 6.45) is 1.50. The van der Waals surface area contributed by atoms with Crippen molar-refractivity contribution in [2.45, 2.75) is 0 Å². The van der Waals surface area contributed by atoms with E-state index in [9.17, 15) is 13.6 Å². The van der Waals surface area contributed by atoms with Crippen molar-refractivity contribution < 1.29 is 18.3 Å². The largest absolute Gasteiger partial charge is 0.496 e. The SMILES string of the molecule is COc1ccc(NC(=O)Nc2cc(F)ccc2F)cc1-c1c(Cl)cnn1C. The molecule has 0 spiro atoms. The lowest BCUT2D eigenvalue weighted by atomic mass is 10.1. The summed E-state index contributed by atoms with van der Waals surface area (Å²) in [4.78, 5) is 12.1. The van der Waals surface area contributed by atoms with Crippen LogP contribution in [-0.4, -0.2) is 22.9 Å². The van der Waals surface area contributed by atoms with Crippen molar-refractivity contribution >= 4 is 29.0 Å². The van der Waals surface area contributed by atoms with Gasteiger partial charge in [-0.3, -0.25) is 4.68 Å². The quantitative estimate of drug-likeness (QED) is 0.678. The molecule has 27 heavy (non-hydrogen) atoms. The van der Waals surface area contributed by atoms with Crippen molar-refractivity contribution in [3.63, 3.8) is 0 Å². The highest BCUT2D eigenvalue weighted by Gasteiger charge is 2.16. The van der Waals surface area contributed by atoms with Crippen LogP contribution in [0.5, 0.6) is 5.75 Å². The summed E-state index contributed by atoms with van der Waals surface area (Å²) >= 11 is 6.19. The summed E-state index contributed by atoms with van der Waals surface area (Å²) in [6, 6.07) is 6.96. The molecule has 1 aromatic heterocycles. The van der Waals surface area contributed by atoms with Crippen LogP contribution in [0.3, 0.4) is 0 Å². The lowest BCUT2D eigenvalue weighted by molar-refractivity contribution is 0.262. The zero-order valence-electron chi connectivity index (χ0n) is 14.4. The molecule has 0 saturated heterocycles. The van der Waals surface area contributed by atoms with Gasteiger partial charge in [0.1, 0.15) is 17.4 Å². The Morgan fingerprint density at radius 3 is 2.63 bits per heavy atom. The molecule has 0 aliphatic heterocycles. The number of hydrogen-bond donors (Lipinski definition) is 2. The number of carbonyl (C=O) groups is 1. The number of rotatable bonds is 4. The number of carbonyl (C=O) groups excluding carboxylic acids is 1. The maximum atomic E-state index is 13.7. The van der Waals surface area contributed by atoms with Crippen LogP contribution in [0.2, 0.25) is 5.02 Å². The monoisotopic (exact) mass is 392 g/mol. The Bertz CT molecular complexity index is 988. The van der Waals surface area contributed by atoms with E-state index in [0.717, 1.165) is 18.2 Å². The third-order valence-corrected chi connectivity index (χ3v) is 4.06. The zero-order valence-corrected chi connectivity index (χ0v) is 15.1. The van der Waals surface area contributed by atoms with Crippen LogP contribution in [0, 0.1) is 11.6 Å². The van der Waals surface area contributed by atoms with Crippen LogP contribution >= 0.6 is 11.6 Å². The molecule has 0 radical (unpaired) electrons. The molecule has 3 rings (SSSR count). The fourth-order valence-corrected chi connectivity index (χ4v) is 2.83. The second kappa shape index (κ2) is 7.63. The van der Waals surface area contributed by atoms with Gasteiger partial charge in [-0.05, 0) is 30.3 Å². The normalized spacial score (nSPS) is 10.6. The Hall–Kier alpha value is -3.13. The number of benzene rings is 2. The van der Waals surface area contributed by atoms with Gasteiger partial charge in [0.2, 0.25) is 0 Å². The number of methoxy groups -OCH3 is 1. The van der Waals surface area contributed by atoms with Gasteiger partial charge >= 0.3 is 6.03 Å². The average Bonchev–Trinajstić information content (AvgIpc) is 2.96. The van der Waals surface area contributed by atoms with E-state index in [1.165, 1.54) is 13.3 Å². The Morgan fingerprint density at radius 2 is 1.96 bits per heavy atom. The number of nitrogens with one attached hydrogen (secondary N) is 2. The number of halogens is 3. The Labute approximate surface area is 158 Å². The topological polar surface area (TPSA) is 68.2 Å². The Morgan fingerprint density at radius 1 is 1.19 bits per heavy atom. The van der Waals surface area contributed by atoms with E-state index in [1.807, 2.05) is 0 Å². The van der Waals surface area contributed by atoms with Crippen molar-refractivity contribution in [2.24, 2.45) is 7.05 Å². The van der Waals surface area contributed by atoms with Gasteiger partial charge in [0.25, 0.3) is 0 Å². The first-order valence-electron chi connectivity index (χ1n) is 7.78. The van der Waals surface area contributed by atoms with Gasteiger partial charge < -0.3 is 15.4 Å². The van der Waals surface area contributed by atoms with E-state index in [2.05, 4.69) is 15.7 Å². The van der Waals surface area contributed by atoms with E-state index in [1.54, 1.807) is 29.9 Å². The minimum atomic E-state index is -0.747. The highest BCUT2D eigenvalue weighted by atomic mass is 35.5. The maximum Gasteiger partial charge on any atom is 0.323 e. The van der Waals surface area contributed by atoms with E-state index < -0.39 is 17.7 Å². The number of urea groups is 1. The lowest BCUT2D eigenvalue weighted by Gasteiger charge is -2.13. The molecule has 6 nitrogen and oxygen atoms in total. The molecular weight excluding hydrogens is 378 g/mol.